The molecule has 0 aliphatic heterocycles. The third-order valence-electron chi connectivity index (χ3n) is 0.246. The molecule has 1 N–H and O–H groups in total. The monoisotopic (exact) mass is 173 g/mol. The van der Waals surface area contributed by atoms with E-state index in [4.69, 9.17) is 0 Å². The summed E-state index contributed by atoms with van der Waals surface area (Å²) in [6, 6.07) is 0. The summed E-state index contributed by atoms with van der Waals surface area (Å²) in [5, 5.41) is 2.45. The van der Waals surface area contributed by atoms with Crippen LogP contribution in [0.4, 0.5) is 4.79 Å². The first-order chi connectivity index (χ1) is 2.27. The molecule has 0 fully saturated rings. The van der Waals surface area contributed by atoms with Crippen molar-refractivity contribution in [3.63, 3.8) is 0 Å². The van der Waals surface area contributed by atoms with Gasteiger partial charge in [0.15, 0.2) is 0 Å². The zero-order chi connectivity index (χ0) is 4.28. The molecule has 0 rings (SSSR count). The molecule has 0 spiro atoms. The molecule has 0 aromatic heterocycles. The van der Waals surface area contributed by atoms with Crippen molar-refractivity contribution in [2.24, 2.45) is 0 Å². The van der Waals surface area contributed by atoms with Gasteiger partial charge in [-0.05, 0) is 0 Å². The van der Waals surface area contributed by atoms with E-state index in [0.717, 1.165) is 0 Å². The zero-order valence-corrected chi connectivity index (χ0v) is 6.28. The average Bonchev–Trinajstić information content (AvgIpc) is 1.38. The fourth-order valence-electron chi connectivity index (χ4n) is 0. The first-order valence-corrected chi connectivity index (χ1v) is 2.89. The van der Waals surface area contributed by atoms with E-state index in [1.54, 1.807) is 7.05 Å². The Kier molecular flexibility index (Phi) is 2.75. The van der Waals surface area contributed by atoms with E-state index in [1.165, 1.54) is 0 Å². The van der Waals surface area contributed by atoms with Crippen molar-refractivity contribution in [2.45, 2.75) is 0 Å². The van der Waals surface area contributed by atoms with Gasteiger partial charge in [0.05, 0.1) is 0 Å². The van der Waals surface area contributed by atoms with E-state index < -0.39 is 0 Å². The van der Waals surface area contributed by atoms with Crippen molar-refractivity contribution in [1.82, 2.24) is 5.32 Å². The van der Waals surface area contributed by atoms with Gasteiger partial charge in [-0.1, -0.05) is 0 Å². The number of carbonyl (C=O) groups is 1. The number of hydrogen-bond donors (Lipinski definition) is 1. The molecule has 2 nitrogen and oxygen atoms in total. The van der Waals surface area contributed by atoms with Crippen LogP contribution in [0, 0.1) is 0 Å². The van der Waals surface area contributed by atoms with Gasteiger partial charge in [-0.25, -0.2) is 0 Å². The zero-order valence-electron chi connectivity index (χ0n) is 2.99. The molecular formula is C2H4InNO. The Bertz CT molecular complexity index is 44.9. The van der Waals surface area contributed by atoms with E-state index in [2.05, 4.69) is 5.32 Å². The molecule has 0 aliphatic rings. The molecule has 26 valence electrons. The minimum atomic E-state index is 0.135. The molecule has 0 bridgehead atoms. The van der Waals surface area contributed by atoms with Gasteiger partial charge < -0.3 is 0 Å². The molecule has 0 aliphatic carbocycles. The van der Waals surface area contributed by atoms with E-state index in [-0.39, 0.29) is 3.66 Å². The predicted molar refractivity (Wildman–Crippen MR) is 20.2 cm³/mol. The predicted octanol–water partition coefficient (Wildman–Crippen LogP) is -0.506. The number of carbonyl (C=O) groups excluding carboxylic acids is 1. The van der Waals surface area contributed by atoms with Crippen LogP contribution in [0.1, 0.15) is 0 Å². The van der Waals surface area contributed by atoms with Gasteiger partial charge >= 0.3 is 45.2 Å². The van der Waals surface area contributed by atoms with Gasteiger partial charge in [-0.15, -0.1) is 0 Å². The van der Waals surface area contributed by atoms with Crippen LogP contribution in [0.25, 0.3) is 0 Å². The van der Waals surface area contributed by atoms with E-state index in [9.17, 15) is 4.79 Å². The topological polar surface area (TPSA) is 29.1 Å². The number of rotatable bonds is 0. The molecule has 0 heterocycles. The third-order valence-corrected chi connectivity index (χ3v) is 1.07. The number of nitrogens with one attached hydrogen (secondary N) is 1. The van der Waals surface area contributed by atoms with Gasteiger partial charge in [0.1, 0.15) is 0 Å². The van der Waals surface area contributed by atoms with Crippen LogP contribution in [0.3, 0.4) is 0 Å². The second kappa shape index (κ2) is 2.57. The van der Waals surface area contributed by atoms with Crippen LogP contribution < -0.4 is 5.32 Å². The summed E-state index contributed by atoms with van der Waals surface area (Å²) < 4.78 is 0.135. The number of amides is 1. The summed E-state index contributed by atoms with van der Waals surface area (Å²) in [6.07, 6.45) is 0. The summed E-state index contributed by atoms with van der Waals surface area (Å²) in [6.45, 7) is 0. The Balaban J connectivity index is 2.85. The van der Waals surface area contributed by atoms with Gasteiger partial charge in [0, 0.05) is 0 Å². The van der Waals surface area contributed by atoms with Crippen molar-refractivity contribution < 1.29 is 4.79 Å². The van der Waals surface area contributed by atoms with E-state index in [1.807, 2.05) is 0 Å². The fourth-order valence-corrected chi connectivity index (χ4v) is 0. The normalized spacial score (nSPS) is 6.60. The third kappa shape index (κ3) is 4.34. The van der Waals surface area contributed by atoms with Gasteiger partial charge in [-0.3, -0.25) is 0 Å². The molecular weight excluding hydrogens is 169 g/mol. The molecule has 3 heteroatoms. The first-order valence-electron chi connectivity index (χ1n) is 1.24. The summed E-state index contributed by atoms with van der Waals surface area (Å²) in [4.78, 5) is 9.76. The van der Waals surface area contributed by atoms with Crippen LogP contribution in [0.2, 0.25) is 0 Å². The van der Waals surface area contributed by atoms with Crippen LogP contribution in [0.5, 0.6) is 0 Å². The molecule has 0 unspecified atom stereocenters. The molecule has 0 aromatic carbocycles. The number of hydrogen-bond acceptors (Lipinski definition) is 1. The molecule has 1 amide bonds. The average molecular weight is 173 g/mol. The van der Waals surface area contributed by atoms with Gasteiger partial charge in [-0.2, -0.15) is 0 Å². The molecule has 0 aromatic rings. The molecule has 5 heavy (non-hydrogen) atoms. The summed E-state index contributed by atoms with van der Waals surface area (Å²) in [5.41, 5.74) is 0. The Labute approximate surface area is 45.5 Å². The quantitative estimate of drug-likeness (QED) is 0.525. The summed E-state index contributed by atoms with van der Waals surface area (Å²) in [7, 11) is 1.63. The molecule has 2 radical (unpaired) electrons. The van der Waals surface area contributed by atoms with Crippen molar-refractivity contribution >= 4 is 28.0 Å². The summed E-state index contributed by atoms with van der Waals surface area (Å²) >= 11 is 0.674. The summed E-state index contributed by atoms with van der Waals surface area (Å²) in [5.74, 6) is 0. The van der Waals surface area contributed by atoms with Crippen molar-refractivity contribution in [1.29, 1.82) is 0 Å². The first kappa shape index (κ1) is 5.34. The van der Waals surface area contributed by atoms with Crippen LogP contribution in [0.15, 0.2) is 0 Å². The second-order valence-corrected chi connectivity index (χ2v) is 2.11. The van der Waals surface area contributed by atoms with Crippen LogP contribution in [-0.2, 0) is 0 Å². The molecule has 0 atom stereocenters. The SMILES string of the molecule is CN[C](=O)[In]. The minimum absolute atomic E-state index is 0.135. The fraction of sp³-hybridized carbons (Fsp3) is 0.500. The van der Waals surface area contributed by atoms with Gasteiger partial charge in [0.25, 0.3) is 0 Å². The van der Waals surface area contributed by atoms with Crippen molar-refractivity contribution in [2.75, 3.05) is 7.05 Å². The van der Waals surface area contributed by atoms with E-state index in [0.29, 0.717) is 24.4 Å². The van der Waals surface area contributed by atoms with Crippen molar-refractivity contribution in [3.05, 3.63) is 0 Å². The van der Waals surface area contributed by atoms with E-state index >= 15 is 0 Å². The van der Waals surface area contributed by atoms with Crippen LogP contribution >= 0.6 is 0 Å². The standard InChI is InChI=1S/C2H4NO.In/c1-3-2-4;/h1H3,(H,3,4);. The second-order valence-electron chi connectivity index (χ2n) is 0.614. The molecule has 0 saturated carbocycles. The van der Waals surface area contributed by atoms with Crippen LogP contribution in [-0.4, -0.2) is 35.1 Å². The van der Waals surface area contributed by atoms with Gasteiger partial charge in [0.2, 0.25) is 0 Å². The Hall–Kier alpha value is 0.340. The molecule has 0 saturated heterocycles. The van der Waals surface area contributed by atoms with Crippen molar-refractivity contribution in [3.8, 4) is 0 Å². The Morgan fingerprint density at radius 2 is 2.20 bits per heavy atom. The Morgan fingerprint density at radius 1 is 2.00 bits per heavy atom. The Morgan fingerprint density at radius 3 is 2.20 bits per heavy atom. The maximum absolute atomic E-state index is 9.76. The maximum atomic E-state index is 9.76.